The van der Waals surface area contributed by atoms with Crippen molar-refractivity contribution < 1.29 is 32.7 Å². The summed E-state index contributed by atoms with van der Waals surface area (Å²) in [5, 5.41) is 13.5. The topological polar surface area (TPSA) is 98.7 Å². The molecule has 0 spiro atoms. The van der Waals surface area contributed by atoms with Crippen LogP contribution in [0.3, 0.4) is 0 Å². The van der Waals surface area contributed by atoms with Gasteiger partial charge in [0.15, 0.2) is 0 Å². The van der Waals surface area contributed by atoms with Crippen LogP contribution in [-0.4, -0.2) is 60.1 Å². The third kappa shape index (κ3) is 7.32. The van der Waals surface area contributed by atoms with E-state index in [4.69, 9.17) is 9.90 Å². The molecule has 29 heavy (non-hydrogen) atoms. The molecule has 2 fully saturated rings. The number of carboxylic acid groups (broad SMARTS) is 1. The zero-order valence-electron chi connectivity index (χ0n) is 15.8. The van der Waals surface area contributed by atoms with Crippen molar-refractivity contribution in [3.63, 3.8) is 0 Å². The van der Waals surface area contributed by atoms with Gasteiger partial charge in [-0.3, -0.25) is 9.59 Å². The van der Waals surface area contributed by atoms with Gasteiger partial charge in [-0.25, -0.2) is 4.79 Å². The molecule has 2 amide bonds. The van der Waals surface area contributed by atoms with Crippen LogP contribution in [0.5, 0.6) is 0 Å². The summed E-state index contributed by atoms with van der Waals surface area (Å²) < 4.78 is 31.7. The van der Waals surface area contributed by atoms with E-state index in [0.717, 1.165) is 37.2 Å². The highest BCUT2D eigenvalue weighted by atomic mass is 32.1. The fourth-order valence-electron chi connectivity index (χ4n) is 3.08. The predicted molar refractivity (Wildman–Crippen MR) is 101 cm³/mol. The van der Waals surface area contributed by atoms with Crippen LogP contribution in [0.25, 0.3) is 0 Å². The number of hydrogen-bond donors (Lipinski definition) is 3. The summed E-state index contributed by atoms with van der Waals surface area (Å²) in [4.78, 5) is 36.6. The fourth-order valence-corrected chi connectivity index (χ4v) is 4.11. The van der Waals surface area contributed by atoms with E-state index < -0.39 is 12.1 Å². The number of piperidine rings is 1. The fraction of sp³-hybridized carbons (Fsp3) is 0.611. The first-order valence-electron chi connectivity index (χ1n) is 9.37. The number of amides is 2. The van der Waals surface area contributed by atoms with Crippen LogP contribution < -0.4 is 10.6 Å². The molecule has 0 aromatic carbocycles. The molecule has 0 saturated carbocycles. The minimum absolute atomic E-state index is 0.0290. The largest absolute Gasteiger partial charge is 0.490 e. The number of nitrogens with zero attached hydrogens (tertiary/aromatic N) is 1. The average molecular weight is 435 g/mol. The first-order valence-corrected chi connectivity index (χ1v) is 10.2. The van der Waals surface area contributed by atoms with Crippen molar-refractivity contribution in [2.45, 2.75) is 44.3 Å². The Balaban J connectivity index is 0.000000370. The summed E-state index contributed by atoms with van der Waals surface area (Å²) in [6.07, 6.45) is -0.0134. The second-order valence-electron chi connectivity index (χ2n) is 6.75. The van der Waals surface area contributed by atoms with E-state index in [2.05, 4.69) is 16.7 Å². The SMILES string of the molecule is O=C(NCCN1CCCCC1=O)c1ccc(C2CCCN2)s1.O=C(O)C(F)(F)F. The molecule has 1 unspecified atom stereocenters. The zero-order valence-corrected chi connectivity index (χ0v) is 16.6. The molecule has 3 rings (SSSR count). The first kappa shape index (κ1) is 23.1. The van der Waals surface area contributed by atoms with Gasteiger partial charge in [0.05, 0.1) is 4.88 Å². The Hall–Kier alpha value is -2.14. The maximum absolute atomic E-state index is 12.2. The van der Waals surface area contributed by atoms with Crippen molar-refractivity contribution in [3.8, 4) is 0 Å². The van der Waals surface area contributed by atoms with Crippen LogP contribution >= 0.6 is 11.3 Å². The van der Waals surface area contributed by atoms with Crippen molar-refractivity contribution >= 4 is 29.1 Å². The summed E-state index contributed by atoms with van der Waals surface area (Å²) in [5.74, 6) is -2.57. The van der Waals surface area contributed by atoms with E-state index in [0.29, 0.717) is 25.6 Å². The Labute approximate surface area is 170 Å². The van der Waals surface area contributed by atoms with E-state index in [1.54, 1.807) is 11.3 Å². The van der Waals surface area contributed by atoms with Crippen LogP contribution in [0.15, 0.2) is 12.1 Å². The summed E-state index contributed by atoms with van der Waals surface area (Å²) in [6, 6.07) is 4.37. The van der Waals surface area contributed by atoms with Crippen molar-refractivity contribution in [1.82, 2.24) is 15.5 Å². The minimum Gasteiger partial charge on any atom is -0.475 e. The molecule has 1 aromatic heterocycles. The molecule has 0 aliphatic carbocycles. The number of carbonyl (C=O) groups is 3. The molecule has 0 radical (unpaired) electrons. The van der Waals surface area contributed by atoms with Gasteiger partial charge in [0.2, 0.25) is 5.91 Å². The van der Waals surface area contributed by atoms with Crippen LogP contribution in [0, 0.1) is 0 Å². The Kier molecular flexibility index (Phi) is 8.45. The molecule has 11 heteroatoms. The minimum atomic E-state index is -5.08. The summed E-state index contributed by atoms with van der Waals surface area (Å²) in [5.41, 5.74) is 0. The molecule has 2 aliphatic rings. The smallest absolute Gasteiger partial charge is 0.475 e. The Morgan fingerprint density at radius 3 is 2.59 bits per heavy atom. The van der Waals surface area contributed by atoms with Crippen molar-refractivity contribution in [2.75, 3.05) is 26.2 Å². The predicted octanol–water partition coefficient (Wildman–Crippen LogP) is 2.55. The lowest BCUT2D eigenvalue weighted by atomic mass is 10.1. The number of likely N-dealkylation sites (tertiary alicyclic amines) is 1. The number of halogens is 3. The van der Waals surface area contributed by atoms with Crippen molar-refractivity contribution in [1.29, 1.82) is 0 Å². The maximum atomic E-state index is 12.2. The van der Waals surface area contributed by atoms with E-state index in [-0.39, 0.29) is 11.8 Å². The highest BCUT2D eigenvalue weighted by Gasteiger charge is 2.38. The normalized spacial score (nSPS) is 19.5. The highest BCUT2D eigenvalue weighted by molar-refractivity contribution is 7.14. The molecular weight excluding hydrogens is 411 g/mol. The third-order valence-electron chi connectivity index (χ3n) is 4.59. The average Bonchev–Trinajstić information content (AvgIpc) is 3.34. The zero-order chi connectivity index (χ0) is 21.4. The summed E-state index contributed by atoms with van der Waals surface area (Å²) >= 11 is 1.57. The summed E-state index contributed by atoms with van der Waals surface area (Å²) in [7, 11) is 0. The van der Waals surface area contributed by atoms with Gasteiger partial charge in [0, 0.05) is 37.0 Å². The molecular formula is C18H24F3N3O4S. The quantitative estimate of drug-likeness (QED) is 0.660. The standard InChI is InChI=1S/C16H23N3O2S.C2HF3O2/c20-15-5-1-2-10-19(15)11-9-18-16(21)14-7-6-13(22-14)12-4-3-8-17-12;3-2(4,5)1(6)7/h6-7,12,17H,1-5,8-11H2,(H,18,21);(H,6,7). The van der Waals surface area contributed by atoms with Crippen molar-refractivity contribution in [3.05, 3.63) is 21.9 Å². The van der Waals surface area contributed by atoms with Gasteiger partial charge >= 0.3 is 12.1 Å². The second-order valence-corrected chi connectivity index (χ2v) is 7.86. The Morgan fingerprint density at radius 1 is 1.28 bits per heavy atom. The van der Waals surface area contributed by atoms with Gasteiger partial charge in [0.25, 0.3) is 5.91 Å². The lowest BCUT2D eigenvalue weighted by molar-refractivity contribution is -0.192. The molecule has 3 N–H and O–H groups in total. The van der Waals surface area contributed by atoms with Gasteiger partial charge in [-0.05, 0) is 44.4 Å². The maximum Gasteiger partial charge on any atom is 0.490 e. The van der Waals surface area contributed by atoms with Gasteiger partial charge in [-0.15, -0.1) is 11.3 Å². The molecule has 3 heterocycles. The van der Waals surface area contributed by atoms with Crippen LogP contribution in [-0.2, 0) is 9.59 Å². The molecule has 1 atom stereocenters. The van der Waals surface area contributed by atoms with Gasteiger partial charge in [-0.2, -0.15) is 13.2 Å². The number of carbonyl (C=O) groups excluding carboxylic acids is 2. The molecule has 162 valence electrons. The van der Waals surface area contributed by atoms with Crippen LogP contribution in [0.2, 0.25) is 0 Å². The number of hydrogen-bond acceptors (Lipinski definition) is 5. The number of alkyl halides is 3. The Morgan fingerprint density at radius 2 is 2.00 bits per heavy atom. The van der Waals surface area contributed by atoms with E-state index in [1.165, 1.54) is 11.3 Å². The number of nitrogens with one attached hydrogen (secondary N) is 2. The molecule has 2 aliphatic heterocycles. The monoisotopic (exact) mass is 435 g/mol. The van der Waals surface area contributed by atoms with Crippen LogP contribution in [0.4, 0.5) is 13.2 Å². The van der Waals surface area contributed by atoms with Gasteiger partial charge in [0.1, 0.15) is 0 Å². The van der Waals surface area contributed by atoms with E-state index >= 15 is 0 Å². The number of aliphatic carboxylic acids is 1. The van der Waals surface area contributed by atoms with E-state index in [9.17, 15) is 22.8 Å². The molecule has 2 saturated heterocycles. The third-order valence-corrected chi connectivity index (χ3v) is 5.78. The first-order chi connectivity index (χ1) is 13.7. The lowest BCUT2D eigenvalue weighted by Crippen LogP contribution is -2.40. The second kappa shape index (κ2) is 10.6. The molecule has 1 aromatic rings. The highest BCUT2D eigenvalue weighted by Crippen LogP contribution is 2.29. The molecule has 0 bridgehead atoms. The van der Waals surface area contributed by atoms with Crippen LogP contribution in [0.1, 0.15) is 52.7 Å². The van der Waals surface area contributed by atoms with E-state index in [1.807, 2.05) is 11.0 Å². The Bertz CT molecular complexity index is 717. The number of thiophene rings is 1. The summed E-state index contributed by atoms with van der Waals surface area (Å²) in [6.45, 7) is 3.03. The number of rotatable bonds is 5. The van der Waals surface area contributed by atoms with Gasteiger partial charge in [-0.1, -0.05) is 0 Å². The lowest BCUT2D eigenvalue weighted by Gasteiger charge is -2.26. The number of carboxylic acids is 1. The van der Waals surface area contributed by atoms with Crippen molar-refractivity contribution in [2.24, 2.45) is 0 Å². The molecule has 7 nitrogen and oxygen atoms in total. The van der Waals surface area contributed by atoms with Gasteiger partial charge < -0.3 is 20.6 Å².